The molecule has 0 aromatic carbocycles. The summed E-state index contributed by atoms with van der Waals surface area (Å²) < 4.78 is 62.0. The molecular formula is C2H7NaO8S2. The Hall–Kier alpha value is 0.740. The topological polar surface area (TPSA) is 138 Å². The van der Waals surface area contributed by atoms with Gasteiger partial charge in [-0.25, -0.2) is 0 Å². The van der Waals surface area contributed by atoms with E-state index < -0.39 is 20.8 Å². The zero-order chi connectivity index (χ0) is 10.4. The summed E-state index contributed by atoms with van der Waals surface area (Å²) >= 11 is 0. The molecule has 0 heterocycles. The van der Waals surface area contributed by atoms with Crippen LogP contribution in [0.25, 0.3) is 0 Å². The van der Waals surface area contributed by atoms with E-state index in [9.17, 15) is 8.42 Å². The minimum Gasteiger partial charge on any atom is -0.317 e. The molecule has 0 atom stereocenters. The molecule has 0 fully saturated rings. The van der Waals surface area contributed by atoms with Gasteiger partial charge in [0.15, 0.2) is 0 Å². The van der Waals surface area contributed by atoms with Crippen molar-refractivity contribution in [2.24, 2.45) is 0 Å². The molecule has 3 N–H and O–H groups in total. The van der Waals surface area contributed by atoms with Crippen LogP contribution in [0.3, 0.4) is 0 Å². The van der Waals surface area contributed by atoms with Crippen LogP contribution in [0, 0.1) is 6.92 Å². The van der Waals surface area contributed by atoms with Gasteiger partial charge < -0.3 is 6.92 Å². The van der Waals surface area contributed by atoms with Crippen LogP contribution in [0.2, 0.25) is 0 Å². The monoisotopic (exact) mass is 246 g/mol. The van der Waals surface area contributed by atoms with Gasteiger partial charge in [0, 0.05) is 0 Å². The predicted molar refractivity (Wildman–Crippen MR) is 37.0 cm³/mol. The van der Waals surface area contributed by atoms with Crippen LogP contribution in [0.5, 0.6) is 0 Å². The van der Waals surface area contributed by atoms with Crippen molar-refractivity contribution in [1.29, 1.82) is 0 Å². The van der Waals surface area contributed by atoms with Crippen molar-refractivity contribution in [2.75, 3.05) is 6.61 Å². The summed E-state index contributed by atoms with van der Waals surface area (Å²) in [5.41, 5.74) is 0. The maximum Gasteiger partial charge on any atom is 1.00 e. The van der Waals surface area contributed by atoms with E-state index in [1.165, 1.54) is 0 Å². The van der Waals surface area contributed by atoms with Gasteiger partial charge in [0.25, 0.3) is 0 Å². The second-order valence-corrected chi connectivity index (χ2v) is 3.18. The molecule has 0 aromatic heterocycles. The summed E-state index contributed by atoms with van der Waals surface area (Å²) in [7, 11) is -8.90. The average Bonchev–Trinajstić information content (AvgIpc) is 1.54. The van der Waals surface area contributed by atoms with Gasteiger partial charge in [0.2, 0.25) is 0 Å². The third-order valence-corrected chi connectivity index (χ3v) is 0.697. The first kappa shape index (κ1) is 19.3. The molecule has 0 aliphatic heterocycles. The fourth-order valence-corrected chi connectivity index (χ4v) is 0.316. The van der Waals surface area contributed by atoms with Crippen molar-refractivity contribution in [3.63, 3.8) is 0 Å². The molecule has 0 aliphatic carbocycles. The fourth-order valence-electron chi connectivity index (χ4n) is 0.105. The van der Waals surface area contributed by atoms with Crippen LogP contribution < -0.4 is 29.6 Å². The van der Waals surface area contributed by atoms with E-state index in [0.717, 1.165) is 0 Å². The predicted octanol–water partition coefficient (Wildman–Crippen LogP) is -4.01. The summed E-state index contributed by atoms with van der Waals surface area (Å²) in [5, 5.41) is 0. The molecule has 0 saturated carbocycles. The van der Waals surface area contributed by atoms with Crippen LogP contribution >= 0.6 is 0 Å². The van der Waals surface area contributed by atoms with Crippen molar-refractivity contribution in [3.8, 4) is 0 Å². The molecule has 0 saturated heterocycles. The standard InChI is InChI=1S/C2H5O4S.Na.H2O4S/c1-2-6-7(3,4)5;;1-5(2,3)4/h1-2H2,(H,3,4,5);;(H2,1,2,3,4)/q-1;+1;. The zero-order valence-corrected chi connectivity index (χ0v) is 10.2. The van der Waals surface area contributed by atoms with Gasteiger partial charge in [0.05, 0.1) is 0 Å². The molecule has 13 heavy (non-hydrogen) atoms. The Balaban J connectivity index is -0.000000150. The molecule has 0 radical (unpaired) electrons. The van der Waals surface area contributed by atoms with Gasteiger partial charge in [-0.15, -0.1) is 0 Å². The molecule has 0 spiro atoms. The molecule has 8 nitrogen and oxygen atoms in total. The summed E-state index contributed by atoms with van der Waals surface area (Å²) in [6.45, 7) is 2.73. The number of hydrogen-bond donors (Lipinski definition) is 3. The van der Waals surface area contributed by atoms with Gasteiger partial charge in [-0.2, -0.15) is 16.8 Å². The summed E-state index contributed by atoms with van der Waals surface area (Å²) in [6, 6.07) is 0. The largest absolute Gasteiger partial charge is 1.00 e. The molecule has 0 aliphatic rings. The maximum absolute atomic E-state index is 9.52. The number of hydrogen-bond acceptors (Lipinski definition) is 5. The van der Waals surface area contributed by atoms with E-state index in [-0.39, 0.29) is 36.2 Å². The first-order valence-corrected chi connectivity index (χ1v) is 4.93. The van der Waals surface area contributed by atoms with Crippen molar-refractivity contribution >= 4 is 20.8 Å². The van der Waals surface area contributed by atoms with E-state index in [1.54, 1.807) is 0 Å². The Morgan fingerprint density at radius 3 is 1.31 bits per heavy atom. The Labute approximate surface area is 98.1 Å². The van der Waals surface area contributed by atoms with Gasteiger partial charge in [-0.3, -0.25) is 17.8 Å². The average molecular weight is 246 g/mol. The van der Waals surface area contributed by atoms with Crippen molar-refractivity contribution < 1.29 is 64.2 Å². The second-order valence-electron chi connectivity index (χ2n) is 1.20. The SMILES string of the molecule is O=S(=O)(O)O.[CH2-]COS(=O)(=O)O.[Na+]. The van der Waals surface area contributed by atoms with E-state index in [1.807, 2.05) is 0 Å². The Morgan fingerprint density at radius 2 is 1.31 bits per heavy atom. The smallest absolute Gasteiger partial charge is 0.317 e. The van der Waals surface area contributed by atoms with Gasteiger partial charge in [-0.05, 0) is 0 Å². The number of rotatable bonds is 2. The first-order valence-electron chi connectivity index (χ1n) is 2.17. The summed E-state index contributed by atoms with van der Waals surface area (Å²) in [6.07, 6.45) is 0. The van der Waals surface area contributed by atoms with Crippen LogP contribution in [-0.2, 0) is 25.0 Å². The van der Waals surface area contributed by atoms with Crippen LogP contribution in [0.15, 0.2) is 0 Å². The first-order chi connectivity index (χ1) is 5.06. The van der Waals surface area contributed by atoms with E-state index in [4.69, 9.17) is 22.1 Å². The maximum atomic E-state index is 9.52. The second kappa shape index (κ2) is 8.08. The van der Waals surface area contributed by atoms with Crippen molar-refractivity contribution in [2.45, 2.75) is 0 Å². The third kappa shape index (κ3) is 65.4. The minimum absolute atomic E-state index is 0. The fraction of sp³-hybridized carbons (Fsp3) is 0.500. The normalized spacial score (nSPS) is 10.8. The molecule has 76 valence electrons. The molecule has 0 amide bonds. The Morgan fingerprint density at radius 1 is 1.08 bits per heavy atom. The van der Waals surface area contributed by atoms with E-state index in [0.29, 0.717) is 0 Å². The third-order valence-electron chi connectivity index (χ3n) is 0.232. The minimum atomic E-state index is -4.67. The summed E-state index contributed by atoms with van der Waals surface area (Å²) in [5.74, 6) is 0. The molecule has 11 heteroatoms. The molecule has 0 rings (SSSR count). The summed E-state index contributed by atoms with van der Waals surface area (Å²) in [4.78, 5) is 0. The van der Waals surface area contributed by atoms with Crippen LogP contribution in [0.4, 0.5) is 0 Å². The van der Waals surface area contributed by atoms with Gasteiger partial charge >= 0.3 is 50.4 Å². The van der Waals surface area contributed by atoms with Crippen molar-refractivity contribution in [3.05, 3.63) is 6.92 Å². The Bertz CT molecular complexity index is 280. The van der Waals surface area contributed by atoms with E-state index in [2.05, 4.69) is 11.1 Å². The van der Waals surface area contributed by atoms with E-state index >= 15 is 0 Å². The van der Waals surface area contributed by atoms with Crippen LogP contribution in [0.1, 0.15) is 0 Å². The van der Waals surface area contributed by atoms with Gasteiger partial charge in [0.1, 0.15) is 0 Å². The zero-order valence-electron chi connectivity index (χ0n) is 6.61. The molecule has 0 bridgehead atoms. The van der Waals surface area contributed by atoms with Crippen LogP contribution in [-0.4, -0.2) is 37.1 Å². The van der Waals surface area contributed by atoms with Gasteiger partial charge in [-0.1, -0.05) is 6.61 Å². The molecule has 0 unspecified atom stereocenters. The molecule has 0 aromatic rings. The Kier molecular flexibility index (Phi) is 12.0. The van der Waals surface area contributed by atoms with Crippen molar-refractivity contribution in [1.82, 2.24) is 0 Å². The molecular weight excluding hydrogens is 239 g/mol. The quantitative estimate of drug-likeness (QED) is 0.254.